The van der Waals surface area contributed by atoms with E-state index >= 15 is 0 Å². The highest BCUT2D eigenvalue weighted by Crippen LogP contribution is 2.19. The maximum atomic E-state index is 11.7. The largest absolute Gasteiger partial charge is 0.508 e. The first-order valence-electron chi connectivity index (χ1n) is 4.37. The number of aromatic hydroxyl groups is 1. The summed E-state index contributed by atoms with van der Waals surface area (Å²) in [7, 11) is -2.14. The molecule has 3 N–H and O–H groups in total. The van der Waals surface area contributed by atoms with Crippen molar-refractivity contribution in [2.75, 3.05) is 17.1 Å². The molecule has 0 aromatic heterocycles. The predicted octanol–water partition coefficient (Wildman–Crippen LogP) is 0.444. The highest BCUT2D eigenvalue weighted by molar-refractivity contribution is 7.95. The van der Waals surface area contributed by atoms with Crippen molar-refractivity contribution in [3.63, 3.8) is 0 Å². The first-order valence-corrected chi connectivity index (χ1v) is 6.38. The number of phenolic OH excluding ortho intramolecular Hbond substituents is 1. The molecule has 0 unspecified atom stereocenters. The van der Waals surface area contributed by atoms with Crippen molar-refractivity contribution in [1.82, 2.24) is 0 Å². The number of sulfonamides is 1. The van der Waals surface area contributed by atoms with Crippen molar-refractivity contribution in [3.05, 3.63) is 24.3 Å². The molecule has 0 spiro atoms. The number of anilines is 1. The van der Waals surface area contributed by atoms with Crippen molar-refractivity contribution < 1.29 is 13.5 Å². The molecule has 0 saturated heterocycles. The second-order valence-corrected chi connectivity index (χ2v) is 5.73. The number of phenols is 1. The molecule has 88 valence electrons. The van der Waals surface area contributed by atoms with Gasteiger partial charge in [0.2, 0.25) is 10.0 Å². The van der Waals surface area contributed by atoms with Gasteiger partial charge in [0.1, 0.15) is 11.5 Å². The fourth-order valence-corrected chi connectivity index (χ4v) is 2.54. The fraction of sp³-hybridized carbons (Fsp3) is 0.222. The van der Waals surface area contributed by atoms with E-state index in [1.54, 1.807) is 0 Å². The van der Waals surface area contributed by atoms with E-state index in [1.165, 1.54) is 31.3 Å². The van der Waals surface area contributed by atoms with Gasteiger partial charge < -0.3 is 10.8 Å². The summed E-state index contributed by atoms with van der Waals surface area (Å²) in [5, 5.41) is 9.08. The van der Waals surface area contributed by atoms with E-state index < -0.39 is 10.0 Å². The van der Waals surface area contributed by atoms with Crippen LogP contribution in [0.15, 0.2) is 24.3 Å². The molecule has 0 bridgehead atoms. The Labute approximate surface area is 99.5 Å². The van der Waals surface area contributed by atoms with Gasteiger partial charge in [0.15, 0.2) is 0 Å². The van der Waals surface area contributed by atoms with Crippen molar-refractivity contribution in [1.29, 1.82) is 0 Å². The summed E-state index contributed by atoms with van der Waals surface area (Å²) in [4.78, 5) is -0.0781. The van der Waals surface area contributed by atoms with Crippen LogP contribution in [0.25, 0.3) is 0 Å². The fourth-order valence-electron chi connectivity index (χ4n) is 1.10. The van der Waals surface area contributed by atoms with E-state index in [9.17, 15) is 8.42 Å². The van der Waals surface area contributed by atoms with E-state index in [2.05, 4.69) is 12.2 Å². The molecular formula is C9H12N2O3S2. The van der Waals surface area contributed by atoms with Crippen LogP contribution in [-0.2, 0) is 10.0 Å². The molecule has 0 saturated carbocycles. The van der Waals surface area contributed by atoms with Gasteiger partial charge in [0.25, 0.3) is 0 Å². The summed E-state index contributed by atoms with van der Waals surface area (Å²) in [6.45, 7) is 0. The summed E-state index contributed by atoms with van der Waals surface area (Å²) in [5.41, 5.74) is 5.64. The Morgan fingerprint density at radius 3 is 2.38 bits per heavy atom. The topological polar surface area (TPSA) is 83.6 Å². The Balaban J connectivity index is 2.97. The van der Waals surface area contributed by atoms with Gasteiger partial charge in [-0.05, 0) is 24.3 Å². The molecule has 7 heteroatoms. The second-order valence-electron chi connectivity index (χ2n) is 3.21. The van der Waals surface area contributed by atoms with Crippen LogP contribution in [0.1, 0.15) is 0 Å². The Bertz CT molecular complexity index is 482. The van der Waals surface area contributed by atoms with Crippen LogP contribution in [0.4, 0.5) is 5.69 Å². The normalized spacial score (nSPS) is 11.1. The number of hydrogen-bond acceptors (Lipinski definition) is 4. The lowest BCUT2D eigenvalue weighted by atomic mass is 10.3. The zero-order chi connectivity index (χ0) is 12.3. The molecule has 16 heavy (non-hydrogen) atoms. The molecule has 1 aromatic rings. The summed E-state index contributed by atoms with van der Waals surface area (Å²) < 4.78 is 24.5. The van der Waals surface area contributed by atoms with Crippen LogP contribution in [-0.4, -0.2) is 31.3 Å². The van der Waals surface area contributed by atoms with Gasteiger partial charge in [-0.15, -0.1) is 0 Å². The maximum absolute atomic E-state index is 11.7. The van der Waals surface area contributed by atoms with Crippen LogP contribution >= 0.6 is 12.2 Å². The Morgan fingerprint density at radius 1 is 1.44 bits per heavy atom. The zero-order valence-corrected chi connectivity index (χ0v) is 10.3. The first-order chi connectivity index (χ1) is 7.33. The average Bonchev–Trinajstić information content (AvgIpc) is 2.16. The molecule has 0 radical (unpaired) electrons. The van der Waals surface area contributed by atoms with Gasteiger partial charge in [-0.25, -0.2) is 8.42 Å². The van der Waals surface area contributed by atoms with E-state index in [0.717, 1.165) is 4.31 Å². The molecule has 0 aliphatic carbocycles. The molecule has 1 aromatic carbocycles. The second kappa shape index (κ2) is 4.67. The van der Waals surface area contributed by atoms with Crippen molar-refractivity contribution in [2.45, 2.75) is 0 Å². The number of hydrogen-bond donors (Lipinski definition) is 2. The average molecular weight is 260 g/mol. The summed E-state index contributed by atoms with van der Waals surface area (Å²) in [6, 6.07) is 5.79. The monoisotopic (exact) mass is 260 g/mol. The highest BCUT2D eigenvalue weighted by atomic mass is 32.2. The first kappa shape index (κ1) is 12.7. The lowest BCUT2D eigenvalue weighted by Crippen LogP contribution is -2.34. The third-order valence-electron chi connectivity index (χ3n) is 1.96. The quantitative estimate of drug-likeness (QED) is 0.768. The molecule has 0 aliphatic rings. The van der Waals surface area contributed by atoms with Crippen molar-refractivity contribution in [2.24, 2.45) is 5.73 Å². The van der Waals surface area contributed by atoms with Crippen LogP contribution in [0, 0.1) is 0 Å². The Morgan fingerprint density at radius 2 is 1.94 bits per heavy atom. The van der Waals surface area contributed by atoms with Gasteiger partial charge in [-0.3, -0.25) is 4.31 Å². The third kappa shape index (κ3) is 3.07. The van der Waals surface area contributed by atoms with Crippen LogP contribution < -0.4 is 10.0 Å². The molecule has 0 amide bonds. The molecule has 0 atom stereocenters. The smallest absolute Gasteiger partial charge is 0.241 e. The lowest BCUT2D eigenvalue weighted by Gasteiger charge is -2.18. The van der Waals surface area contributed by atoms with Gasteiger partial charge in [-0.2, -0.15) is 0 Å². The van der Waals surface area contributed by atoms with Gasteiger partial charge >= 0.3 is 0 Å². The van der Waals surface area contributed by atoms with Gasteiger partial charge in [-0.1, -0.05) is 12.2 Å². The number of thiocarbonyl (C=S) groups is 1. The molecule has 5 nitrogen and oxygen atoms in total. The number of nitrogens with two attached hydrogens (primary N) is 1. The van der Waals surface area contributed by atoms with E-state index in [4.69, 9.17) is 10.8 Å². The molecular weight excluding hydrogens is 248 g/mol. The number of benzene rings is 1. The molecule has 0 aliphatic heterocycles. The van der Waals surface area contributed by atoms with Gasteiger partial charge in [0.05, 0.1) is 10.7 Å². The summed E-state index contributed by atoms with van der Waals surface area (Å²) >= 11 is 4.57. The van der Waals surface area contributed by atoms with Crippen LogP contribution in [0.3, 0.4) is 0 Å². The van der Waals surface area contributed by atoms with E-state index in [0.29, 0.717) is 5.69 Å². The van der Waals surface area contributed by atoms with Crippen molar-refractivity contribution in [3.8, 4) is 5.75 Å². The van der Waals surface area contributed by atoms with E-state index in [1.807, 2.05) is 0 Å². The maximum Gasteiger partial charge on any atom is 0.241 e. The van der Waals surface area contributed by atoms with Gasteiger partial charge in [0, 0.05) is 7.05 Å². The summed E-state index contributed by atoms with van der Waals surface area (Å²) in [6.07, 6.45) is 0. The number of nitrogens with zero attached hydrogens (tertiary/aromatic N) is 1. The molecule has 1 rings (SSSR count). The molecule has 0 fully saturated rings. The molecule has 0 heterocycles. The third-order valence-corrected chi connectivity index (χ3v) is 4.00. The van der Waals surface area contributed by atoms with Crippen LogP contribution in [0.5, 0.6) is 5.75 Å². The predicted molar refractivity (Wildman–Crippen MR) is 67.1 cm³/mol. The highest BCUT2D eigenvalue weighted by Gasteiger charge is 2.19. The Kier molecular flexibility index (Phi) is 3.71. The zero-order valence-electron chi connectivity index (χ0n) is 8.62. The standard InChI is InChI=1S/C9H12N2O3S2/c1-11(16(13,14)6-9(10)15)7-2-4-8(12)5-3-7/h2-5,12H,6H2,1H3,(H2,10,15). The minimum absolute atomic E-state index is 0.0730. The summed E-state index contributed by atoms with van der Waals surface area (Å²) in [5.74, 6) is -0.302. The van der Waals surface area contributed by atoms with Crippen LogP contribution in [0.2, 0.25) is 0 Å². The SMILES string of the molecule is CN(c1ccc(O)cc1)S(=O)(=O)CC(N)=S. The van der Waals surface area contributed by atoms with Crippen molar-refractivity contribution >= 4 is 32.9 Å². The minimum atomic E-state index is -3.54. The minimum Gasteiger partial charge on any atom is -0.508 e. The van der Waals surface area contributed by atoms with E-state index in [-0.39, 0.29) is 16.5 Å². The Hall–Kier alpha value is -1.34. The number of rotatable bonds is 4. The lowest BCUT2D eigenvalue weighted by molar-refractivity contribution is 0.475.